The lowest BCUT2D eigenvalue weighted by Crippen LogP contribution is -2.50. The van der Waals surface area contributed by atoms with Gasteiger partial charge in [0.1, 0.15) is 0 Å². The minimum atomic E-state index is 0.128. The Bertz CT molecular complexity index is 754. The number of anilines is 2. The number of carbonyl (C=O) groups excluding carboxylic acids is 1. The fourth-order valence-corrected chi connectivity index (χ4v) is 3.28. The molecule has 1 aliphatic rings. The van der Waals surface area contributed by atoms with E-state index in [0.717, 1.165) is 37.4 Å². The molecule has 0 bridgehead atoms. The monoisotopic (exact) mass is 357 g/mol. The van der Waals surface area contributed by atoms with Gasteiger partial charge in [-0.3, -0.25) is 4.79 Å². The Morgan fingerprint density at radius 1 is 1.08 bits per heavy atom. The van der Waals surface area contributed by atoms with Crippen molar-refractivity contribution in [3.8, 4) is 0 Å². The van der Waals surface area contributed by atoms with E-state index in [0.29, 0.717) is 11.6 Å². The average Bonchev–Trinajstić information content (AvgIpc) is 2.62. The van der Waals surface area contributed by atoms with Gasteiger partial charge in [0.05, 0.1) is 6.54 Å². The Morgan fingerprint density at radius 2 is 1.84 bits per heavy atom. The smallest absolute Gasteiger partial charge is 0.241 e. The normalized spacial score (nSPS) is 14.5. The van der Waals surface area contributed by atoms with Crippen LogP contribution in [-0.2, 0) is 4.79 Å². The molecule has 0 aliphatic carbocycles. The Morgan fingerprint density at radius 3 is 2.56 bits per heavy atom. The molecule has 1 fully saturated rings. The van der Waals surface area contributed by atoms with Crippen LogP contribution in [0.3, 0.4) is 0 Å². The van der Waals surface area contributed by atoms with Crippen molar-refractivity contribution in [2.45, 2.75) is 13.8 Å². The molecular weight excluding hydrogens is 334 g/mol. The van der Waals surface area contributed by atoms with Crippen molar-refractivity contribution in [3.63, 3.8) is 0 Å². The van der Waals surface area contributed by atoms with Gasteiger partial charge in [0.15, 0.2) is 0 Å². The second-order valence-electron chi connectivity index (χ2n) is 6.52. The fourth-order valence-electron chi connectivity index (χ4n) is 3.11. The summed E-state index contributed by atoms with van der Waals surface area (Å²) in [7, 11) is 0. The van der Waals surface area contributed by atoms with Crippen LogP contribution in [0.2, 0.25) is 5.02 Å². The van der Waals surface area contributed by atoms with E-state index in [2.05, 4.69) is 41.4 Å². The molecule has 1 N–H and O–H groups in total. The van der Waals surface area contributed by atoms with E-state index in [-0.39, 0.29) is 5.91 Å². The van der Waals surface area contributed by atoms with E-state index >= 15 is 0 Å². The zero-order valence-corrected chi connectivity index (χ0v) is 15.5. The molecule has 0 spiro atoms. The van der Waals surface area contributed by atoms with Crippen LogP contribution >= 0.6 is 11.6 Å². The Balaban J connectivity index is 1.52. The second kappa shape index (κ2) is 7.79. The first kappa shape index (κ1) is 17.6. The molecule has 0 atom stereocenters. The molecule has 0 saturated carbocycles. The maximum absolute atomic E-state index is 12.5. The van der Waals surface area contributed by atoms with Gasteiger partial charge in [-0.05, 0) is 49.2 Å². The van der Waals surface area contributed by atoms with Gasteiger partial charge in [0, 0.05) is 42.6 Å². The van der Waals surface area contributed by atoms with Gasteiger partial charge in [0.25, 0.3) is 0 Å². The molecular formula is C20H24ClN3O. The van der Waals surface area contributed by atoms with Gasteiger partial charge >= 0.3 is 0 Å². The molecule has 132 valence electrons. The third-order valence-corrected chi connectivity index (χ3v) is 4.86. The summed E-state index contributed by atoms with van der Waals surface area (Å²) in [6.45, 7) is 7.64. The summed E-state index contributed by atoms with van der Waals surface area (Å²) in [4.78, 5) is 16.7. The highest BCUT2D eigenvalue weighted by Crippen LogP contribution is 2.20. The number of benzene rings is 2. The molecule has 4 nitrogen and oxygen atoms in total. The van der Waals surface area contributed by atoms with Crippen LogP contribution in [0.1, 0.15) is 11.1 Å². The quantitative estimate of drug-likeness (QED) is 0.905. The first-order valence-electron chi connectivity index (χ1n) is 8.62. The van der Waals surface area contributed by atoms with Crippen LogP contribution in [-0.4, -0.2) is 43.5 Å². The molecule has 1 aliphatic heterocycles. The third-order valence-electron chi connectivity index (χ3n) is 4.63. The molecule has 5 heteroatoms. The highest BCUT2D eigenvalue weighted by atomic mass is 35.5. The molecule has 1 amide bonds. The van der Waals surface area contributed by atoms with Gasteiger partial charge in [-0.2, -0.15) is 0 Å². The van der Waals surface area contributed by atoms with Gasteiger partial charge in [-0.15, -0.1) is 0 Å². The van der Waals surface area contributed by atoms with E-state index < -0.39 is 0 Å². The number of piperazine rings is 1. The van der Waals surface area contributed by atoms with Gasteiger partial charge < -0.3 is 15.1 Å². The van der Waals surface area contributed by atoms with Crippen LogP contribution in [0.5, 0.6) is 0 Å². The highest BCUT2D eigenvalue weighted by Gasteiger charge is 2.21. The predicted molar refractivity (Wildman–Crippen MR) is 105 cm³/mol. The van der Waals surface area contributed by atoms with Crippen LogP contribution in [0, 0.1) is 13.8 Å². The number of aryl methyl sites for hydroxylation is 2. The van der Waals surface area contributed by atoms with Gasteiger partial charge in [-0.25, -0.2) is 0 Å². The lowest BCUT2D eigenvalue weighted by Gasteiger charge is -2.36. The largest absolute Gasteiger partial charge is 0.376 e. The maximum Gasteiger partial charge on any atom is 0.241 e. The van der Waals surface area contributed by atoms with Crippen molar-refractivity contribution in [2.24, 2.45) is 0 Å². The Labute approximate surface area is 154 Å². The number of carbonyl (C=O) groups is 1. The van der Waals surface area contributed by atoms with E-state index in [4.69, 9.17) is 11.6 Å². The molecule has 3 rings (SSSR count). The predicted octanol–water partition coefficient (Wildman–Crippen LogP) is 3.72. The van der Waals surface area contributed by atoms with Crippen molar-refractivity contribution >= 4 is 28.9 Å². The Kier molecular flexibility index (Phi) is 5.49. The minimum absolute atomic E-state index is 0.128. The van der Waals surface area contributed by atoms with Crippen molar-refractivity contribution in [3.05, 3.63) is 58.6 Å². The lowest BCUT2D eigenvalue weighted by molar-refractivity contribution is -0.129. The number of nitrogens with zero attached hydrogens (tertiary/aromatic N) is 2. The standard InChI is InChI=1S/C20H24ClN3O/c1-15-4-3-5-18(12-15)23-8-10-24(11-9-23)20(25)14-22-19-13-17(21)7-6-16(19)2/h3-7,12-13,22H,8-11,14H2,1-2H3. The molecule has 2 aromatic carbocycles. The Hall–Kier alpha value is -2.20. The van der Waals surface area contributed by atoms with Crippen molar-refractivity contribution in [1.82, 2.24) is 4.90 Å². The topological polar surface area (TPSA) is 35.6 Å². The summed E-state index contributed by atoms with van der Waals surface area (Å²) in [5.74, 6) is 0.128. The SMILES string of the molecule is Cc1cccc(N2CCN(C(=O)CNc3cc(Cl)ccc3C)CC2)c1. The zero-order valence-electron chi connectivity index (χ0n) is 14.8. The minimum Gasteiger partial charge on any atom is -0.376 e. The van der Waals surface area contributed by atoms with Crippen molar-refractivity contribution in [2.75, 3.05) is 42.9 Å². The van der Waals surface area contributed by atoms with E-state index in [1.165, 1.54) is 11.3 Å². The van der Waals surface area contributed by atoms with Crippen LogP contribution < -0.4 is 10.2 Å². The summed E-state index contributed by atoms with van der Waals surface area (Å²) < 4.78 is 0. The fraction of sp³-hybridized carbons (Fsp3) is 0.350. The lowest BCUT2D eigenvalue weighted by atomic mass is 10.2. The summed E-state index contributed by atoms with van der Waals surface area (Å²) in [6, 6.07) is 14.2. The van der Waals surface area contributed by atoms with Gasteiger partial charge in [0.2, 0.25) is 5.91 Å². The summed E-state index contributed by atoms with van der Waals surface area (Å²) in [5.41, 5.74) is 4.50. The van der Waals surface area contributed by atoms with Crippen LogP contribution in [0.25, 0.3) is 0 Å². The number of amides is 1. The van der Waals surface area contributed by atoms with E-state index in [9.17, 15) is 4.79 Å². The summed E-state index contributed by atoms with van der Waals surface area (Å²) in [6.07, 6.45) is 0. The average molecular weight is 358 g/mol. The molecule has 25 heavy (non-hydrogen) atoms. The van der Waals surface area contributed by atoms with Gasteiger partial charge in [-0.1, -0.05) is 29.8 Å². The second-order valence-corrected chi connectivity index (χ2v) is 6.96. The summed E-state index contributed by atoms with van der Waals surface area (Å²) >= 11 is 6.03. The number of halogens is 1. The zero-order chi connectivity index (χ0) is 17.8. The first-order chi connectivity index (χ1) is 12.0. The highest BCUT2D eigenvalue weighted by molar-refractivity contribution is 6.30. The van der Waals surface area contributed by atoms with Crippen molar-refractivity contribution in [1.29, 1.82) is 0 Å². The molecule has 1 heterocycles. The molecule has 1 saturated heterocycles. The summed E-state index contributed by atoms with van der Waals surface area (Å²) in [5, 5.41) is 3.89. The van der Waals surface area contributed by atoms with Crippen LogP contribution in [0.15, 0.2) is 42.5 Å². The number of nitrogens with one attached hydrogen (secondary N) is 1. The number of hydrogen-bond acceptors (Lipinski definition) is 3. The molecule has 0 radical (unpaired) electrons. The maximum atomic E-state index is 12.5. The van der Waals surface area contributed by atoms with E-state index in [1.54, 1.807) is 0 Å². The molecule has 0 aromatic heterocycles. The molecule has 0 unspecified atom stereocenters. The van der Waals surface area contributed by atoms with Crippen LogP contribution in [0.4, 0.5) is 11.4 Å². The van der Waals surface area contributed by atoms with Crippen molar-refractivity contribution < 1.29 is 4.79 Å². The molecule has 2 aromatic rings. The first-order valence-corrected chi connectivity index (χ1v) is 9.00. The number of rotatable bonds is 4. The number of hydrogen-bond donors (Lipinski definition) is 1. The van der Waals surface area contributed by atoms with E-state index in [1.807, 2.05) is 30.0 Å². The third kappa shape index (κ3) is 4.45.